The Morgan fingerprint density at radius 3 is 2.88 bits per heavy atom. The smallest absolute Gasteiger partial charge is 0.124 e. The third kappa shape index (κ3) is 2.98. The molecule has 0 spiro atoms. The second-order valence-electron chi connectivity index (χ2n) is 6.80. The first-order chi connectivity index (χ1) is 12.8. The van der Waals surface area contributed by atoms with Gasteiger partial charge < -0.3 is 14.8 Å². The number of anilines is 1. The number of rotatable bonds is 6. The van der Waals surface area contributed by atoms with Crippen molar-refractivity contribution in [3.05, 3.63) is 78.4 Å². The van der Waals surface area contributed by atoms with Crippen LogP contribution in [0.5, 0.6) is 11.5 Å². The Labute approximate surface area is 155 Å². The zero-order valence-corrected chi connectivity index (χ0v) is 15.2. The van der Waals surface area contributed by atoms with Gasteiger partial charge in [0.15, 0.2) is 0 Å². The van der Waals surface area contributed by atoms with Gasteiger partial charge in [-0.25, -0.2) is 0 Å². The van der Waals surface area contributed by atoms with Crippen LogP contribution in [0, 0.1) is 5.92 Å². The fraction of sp³-hybridized carbons (Fsp3) is 0.304. The third-order valence-corrected chi connectivity index (χ3v) is 5.26. The number of allylic oxidation sites excluding steroid dienone is 2. The quantitative estimate of drug-likeness (QED) is 0.702. The molecule has 1 heterocycles. The van der Waals surface area contributed by atoms with Crippen LogP contribution in [0.1, 0.15) is 36.4 Å². The number of para-hydroxylation sites is 1. The first-order valence-electron chi connectivity index (χ1n) is 9.34. The first-order valence-corrected chi connectivity index (χ1v) is 9.34. The van der Waals surface area contributed by atoms with Crippen molar-refractivity contribution in [3.63, 3.8) is 0 Å². The second kappa shape index (κ2) is 7.28. The molecule has 1 aliphatic carbocycles. The van der Waals surface area contributed by atoms with E-state index in [-0.39, 0.29) is 6.04 Å². The average molecular weight is 347 g/mol. The molecule has 134 valence electrons. The van der Waals surface area contributed by atoms with Gasteiger partial charge in [0.25, 0.3) is 0 Å². The lowest BCUT2D eigenvalue weighted by Gasteiger charge is -2.38. The molecule has 3 unspecified atom stereocenters. The number of hydrogen-bond acceptors (Lipinski definition) is 3. The lowest BCUT2D eigenvalue weighted by Crippen LogP contribution is -2.29. The molecular weight excluding hydrogens is 322 g/mol. The molecule has 1 N–H and O–H groups in total. The van der Waals surface area contributed by atoms with E-state index in [1.54, 1.807) is 6.08 Å². The highest BCUT2D eigenvalue weighted by Gasteiger charge is 2.39. The van der Waals surface area contributed by atoms with Gasteiger partial charge in [-0.3, -0.25) is 0 Å². The van der Waals surface area contributed by atoms with E-state index in [0.717, 1.165) is 17.9 Å². The summed E-state index contributed by atoms with van der Waals surface area (Å²) in [5.41, 5.74) is 3.74. The van der Waals surface area contributed by atoms with Gasteiger partial charge in [0, 0.05) is 17.2 Å². The van der Waals surface area contributed by atoms with Crippen molar-refractivity contribution in [1.29, 1.82) is 0 Å². The van der Waals surface area contributed by atoms with Crippen molar-refractivity contribution in [2.45, 2.75) is 25.3 Å². The van der Waals surface area contributed by atoms with Gasteiger partial charge in [0.2, 0.25) is 0 Å². The van der Waals surface area contributed by atoms with Gasteiger partial charge in [-0.15, -0.1) is 0 Å². The number of nitrogens with one attached hydrogen (secondary N) is 1. The summed E-state index contributed by atoms with van der Waals surface area (Å²) in [5, 5.41) is 3.77. The maximum absolute atomic E-state index is 5.90. The summed E-state index contributed by atoms with van der Waals surface area (Å²) >= 11 is 0. The molecule has 0 fully saturated rings. The van der Waals surface area contributed by atoms with Crippen LogP contribution >= 0.6 is 0 Å². The molecule has 2 aliphatic rings. The highest BCUT2D eigenvalue weighted by molar-refractivity contribution is 5.62. The summed E-state index contributed by atoms with van der Waals surface area (Å²) in [4.78, 5) is 0. The Kier molecular flexibility index (Phi) is 4.70. The normalized spacial score (nSPS) is 22.9. The van der Waals surface area contributed by atoms with Crippen LogP contribution in [0.3, 0.4) is 0 Å². The maximum atomic E-state index is 5.90. The lowest BCUT2D eigenvalue weighted by atomic mass is 9.77. The number of hydrogen-bond donors (Lipinski definition) is 1. The van der Waals surface area contributed by atoms with Crippen LogP contribution in [0.25, 0.3) is 0 Å². The molecule has 0 bridgehead atoms. The molecule has 4 rings (SSSR count). The molecule has 3 nitrogen and oxygen atoms in total. The molecule has 0 amide bonds. The van der Waals surface area contributed by atoms with E-state index in [1.165, 1.54) is 16.8 Å². The number of ether oxygens (including phenoxy) is 2. The van der Waals surface area contributed by atoms with Crippen molar-refractivity contribution in [1.82, 2.24) is 0 Å². The van der Waals surface area contributed by atoms with E-state index in [4.69, 9.17) is 9.47 Å². The molecule has 3 atom stereocenters. The summed E-state index contributed by atoms with van der Waals surface area (Å²) in [6, 6.07) is 15.0. The molecule has 2 aromatic carbocycles. The molecule has 0 radical (unpaired) electrons. The molecule has 2 aromatic rings. The van der Waals surface area contributed by atoms with Crippen molar-refractivity contribution < 1.29 is 9.47 Å². The Balaban J connectivity index is 1.70. The van der Waals surface area contributed by atoms with E-state index in [0.29, 0.717) is 25.0 Å². The van der Waals surface area contributed by atoms with Crippen LogP contribution in [0.15, 0.2) is 67.3 Å². The zero-order chi connectivity index (χ0) is 17.9. The van der Waals surface area contributed by atoms with Gasteiger partial charge in [0.1, 0.15) is 18.1 Å². The predicted molar refractivity (Wildman–Crippen MR) is 106 cm³/mol. The Hall–Kier alpha value is -2.68. The fourth-order valence-corrected chi connectivity index (χ4v) is 4.15. The SMILES string of the molecule is C=CCOc1ccc2c(c1)C1C=CCC1C(c1ccccc1OCC)N2. The van der Waals surface area contributed by atoms with Crippen molar-refractivity contribution >= 4 is 5.69 Å². The van der Waals surface area contributed by atoms with E-state index < -0.39 is 0 Å². The molecule has 1 aliphatic heterocycles. The molecule has 26 heavy (non-hydrogen) atoms. The summed E-state index contributed by atoms with van der Waals surface area (Å²) in [6.07, 6.45) is 7.49. The fourth-order valence-electron chi connectivity index (χ4n) is 4.15. The van der Waals surface area contributed by atoms with Crippen LogP contribution in [-0.4, -0.2) is 13.2 Å². The van der Waals surface area contributed by atoms with E-state index in [1.807, 2.05) is 19.1 Å². The van der Waals surface area contributed by atoms with Gasteiger partial charge >= 0.3 is 0 Å². The number of fused-ring (bicyclic) bond motifs is 3. The Bertz CT molecular complexity index is 827. The van der Waals surface area contributed by atoms with Gasteiger partial charge in [-0.05, 0) is 49.1 Å². The van der Waals surface area contributed by atoms with Crippen LogP contribution in [-0.2, 0) is 0 Å². The minimum Gasteiger partial charge on any atom is -0.494 e. The second-order valence-corrected chi connectivity index (χ2v) is 6.80. The summed E-state index contributed by atoms with van der Waals surface area (Å²) in [6.45, 7) is 6.96. The van der Waals surface area contributed by atoms with E-state index in [9.17, 15) is 0 Å². The number of benzene rings is 2. The Morgan fingerprint density at radius 1 is 1.15 bits per heavy atom. The lowest BCUT2D eigenvalue weighted by molar-refractivity contribution is 0.326. The molecule has 0 saturated heterocycles. The average Bonchev–Trinajstić information content (AvgIpc) is 3.17. The third-order valence-electron chi connectivity index (χ3n) is 5.26. The standard InChI is InChI=1S/C23H25NO2/c1-3-14-26-16-12-13-21-20(15-16)17-9-7-10-18(17)23(24-21)19-8-5-6-11-22(19)25-4-2/h3,5-9,11-13,15,17-18,23-24H,1,4,10,14H2,2H3. The minimum absolute atomic E-state index is 0.241. The zero-order valence-electron chi connectivity index (χ0n) is 15.2. The van der Waals surface area contributed by atoms with Crippen molar-refractivity contribution in [2.24, 2.45) is 5.92 Å². The molecule has 3 heteroatoms. The first kappa shape index (κ1) is 16.8. The van der Waals surface area contributed by atoms with Crippen LogP contribution in [0.2, 0.25) is 0 Å². The topological polar surface area (TPSA) is 30.5 Å². The maximum Gasteiger partial charge on any atom is 0.124 e. The van der Waals surface area contributed by atoms with Gasteiger partial charge in [-0.2, -0.15) is 0 Å². The van der Waals surface area contributed by atoms with E-state index >= 15 is 0 Å². The van der Waals surface area contributed by atoms with Crippen molar-refractivity contribution in [2.75, 3.05) is 18.5 Å². The van der Waals surface area contributed by atoms with Gasteiger partial charge in [0.05, 0.1) is 12.6 Å². The highest BCUT2D eigenvalue weighted by Crippen LogP contribution is 2.51. The molecule has 0 saturated carbocycles. The Morgan fingerprint density at radius 2 is 2.04 bits per heavy atom. The summed E-state index contributed by atoms with van der Waals surface area (Å²) in [7, 11) is 0. The molecule has 0 aromatic heterocycles. The largest absolute Gasteiger partial charge is 0.494 e. The predicted octanol–water partition coefficient (Wildman–Crippen LogP) is 5.48. The van der Waals surface area contributed by atoms with Crippen LogP contribution in [0.4, 0.5) is 5.69 Å². The van der Waals surface area contributed by atoms with Crippen molar-refractivity contribution in [3.8, 4) is 11.5 Å². The summed E-state index contributed by atoms with van der Waals surface area (Å²) in [5.74, 6) is 2.77. The molecular formula is C23H25NO2. The van der Waals surface area contributed by atoms with Gasteiger partial charge in [-0.1, -0.05) is 43.0 Å². The highest BCUT2D eigenvalue weighted by atomic mass is 16.5. The summed E-state index contributed by atoms with van der Waals surface area (Å²) < 4.78 is 11.6. The monoisotopic (exact) mass is 347 g/mol. The minimum atomic E-state index is 0.241. The van der Waals surface area contributed by atoms with Crippen LogP contribution < -0.4 is 14.8 Å². The van der Waals surface area contributed by atoms with E-state index in [2.05, 4.69) is 54.4 Å².